The molecule has 0 bridgehead atoms. The predicted octanol–water partition coefficient (Wildman–Crippen LogP) is 20.0. The highest BCUT2D eigenvalue weighted by Crippen LogP contribution is 2.54. The van der Waals surface area contributed by atoms with Crippen molar-refractivity contribution >= 4 is 66.8 Å². The van der Waals surface area contributed by atoms with E-state index >= 15 is 0 Å². The molecule has 0 unspecified atom stereocenters. The lowest BCUT2D eigenvalue weighted by molar-refractivity contribution is 0.669. The van der Waals surface area contributed by atoms with E-state index in [0.717, 1.165) is 106 Å². The van der Waals surface area contributed by atoms with Gasteiger partial charge < -0.3 is 14.2 Å². The van der Waals surface area contributed by atoms with Gasteiger partial charge in [0.15, 0.2) is 0 Å². The zero-order valence-corrected chi connectivity index (χ0v) is 40.0. The molecule has 0 aliphatic carbocycles. The topological polar surface area (TPSA) is 19.6 Å². The lowest BCUT2D eigenvalue weighted by Gasteiger charge is -2.35. The highest BCUT2D eigenvalue weighted by Gasteiger charge is 2.30. The number of furan rings is 1. The maximum absolute atomic E-state index is 7.03. The summed E-state index contributed by atoms with van der Waals surface area (Å²) in [6, 6.07) is 105. The van der Waals surface area contributed by atoms with E-state index < -0.39 is 0 Å². The molecule has 0 spiro atoms. The van der Waals surface area contributed by atoms with E-state index in [0.29, 0.717) is 0 Å². The van der Waals surface area contributed by atoms with Crippen LogP contribution in [0.1, 0.15) is 0 Å². The van der Waals surface area contributed by atoms with E-state index in [1.54, 1.807) is 0 Å². The van der Waals surface area contributed by atoms with Crippen LogP contribution in [0.4, 0.5) is 34.1 Å². The van der Waals surface area contributed by atoms with Crippen molar-refractivity contribution in [3.05, 3.63) is 291 Å². The number of hydrogen-bond donors (Lipinski definition) is 0. The molecule has 0 N–H and O–H groups in total. The Morgan fingerprint density at radius 3 is 1.14 bits per heavy atom. The standard InChI is InChI=1S/C70H48N2O/c1-5-19-49(20-6-1)52-33-35-56(36-34-52)62-30-16-18-32-65(62)72(60-43-39-54(40-44-60)51-23-9-3-10-24-51)70-66(45-46-67-69(70)63-47-57-27-13-14-28-58(57)48-68(63)73-67)71(59-41-37-53(38-42-59)50-21-7-2-8-22-50)64-31-17-15-29-61(64)55-25-11-4-12-26-55/h1-48H. The largest absolute Gasteiger partial charge is 0.456 e. The second kappa shape index (κ2) is 18.9. The number of fused-ring (bicyclic) bond motifs is 4. The van der Waals surface area contributed by atoms with Crippen molar-refractivity contribution in [2.24, 2.45) is 0 Å². The summed E-state index contributed by atoms with van der Waals surface area (Å²) < 4.78 is 7.03. The number of nitrogens with zero attached hydrogens (tertiary/aromatic N) is 2. The second-order valence-electron chi connectivity index (χ2n) is 18.4. The molecule has 0 atom stereocenters. The number of rotatable bonds is 11. The molecular formula is C70H48N2O. The van der Waals surface area contributed by atoms with Crippen LogP contribution in [0.5, 0.6) is 0 Å². The highest BCUT2D eigenvalue weighted by atomic mass is 16.3. The molecule has 3 heteroatoms. The first-order valence-electron chi connectivity index (χ1n) is 24.9. The summed E-state index contributed by atoms with van der Waals surface area (Å²) in [5, 5.41) is 4.33. The van der Waals surface area contributed by atoms with E-state index in [-0.39, 0.29) is 0 Å². The molecule has 344 valence electrons. The fourth-order valence-electron chi connectivity index (χ4n) is 10.5. The van der Waals surface area contributed by atoms with Crippen molar-refractivity contribution in [3.63, 3.8) is 0 Å². The molecule has 0 aliphatic rings. The molecule has 73 heavy (non-hydrogen) atoms. The average molecular weight is 933 g/mol. The Morgan fingerprint density at radius 1 is 0.247 bits per heavy atom. The van der Waals surface area contributed by atoms with Crippen LogP contribution in [0.3, 0.4) is 0 Å². The summed E-state index contributed by atoms with van der Waals surface area (Å²) in [7, 11) is 0. The van der Waals surface area contributed by atoms with E-state index in [1.807, 2.05) is 0 Å². The molecule has 12 aromatic carbocycles. The number of anilines is 6. The third-order valence-electron chi connectivity index (χ3n) is 14.1. The molecule has 1 heterocycles. The van der Waals surface area contributed by atoms with Crippen LogP contribution in [0, 0.1) is 0 Å². The van der Waals surface area contributed by atoms with Gasteiger partial charge in [0.2, 0.25) is 0 Å². The first kappa shape index (κ1) is 43.3. The van der Waals surface area contributed by atoms with Gasteiger partial charge in [0, 0.05) is 27.9 Å². The van der Waals surface area contributed by atoms with Crippen molar-refractivity contribution in [2.75, 3.05) is 9.80 Å². The van der Waals surface area contributed by atoms with Crippen molar-refractivity contribution in [1.29, 1.82) is 0 Å². The lowest BCUT2D eigenvalue weighted by atomic mass is 9.96. The van der Waals surface area contributed by atoms with E-state index in [1.165, 1.54) is 16.7 Å². The summed E-state index contributed by atoms with van der Waals surface area (Å²) >= 11 is 0. The van der Waals surface area contributed by atoms with Crippen LogP contribution < -0.4 is 9.80 Å². The minimum absolute atomic E-state index is 0.801. The fourth-order valence-corrected chi connectivity index (χ4v) is 10.5. The summed E-state index contributed by atoms with van der Waals surface area (Å²) in [5.74, 6) is 0. The fraction of sp³-hybridized carbons (Fsp3) is 0. The Balaban J connectivity index is 1.13. The molecule has 13 aromatic rings. The summed E-state index contributed by atoms with van der Waals surface area (Å²) in [6.07, 6.45) is 0. The Bertz CT molecular complexity index is 4040. The lowest BCUT2D eigenvalue weighted by Crippen LogP contribution is -2.18. The minimum atomic E-state index is 0.801. The molecule has 0 aliphatic heterocycles. The summed E-state index contributed by atoms with van der Waals surface area (Å²) in [5.41, 5.74) is 19.1. The monoisotopic (exact) mass is 932 g/mol. The van der Waals surface area contributed by atoms with Gasteiger partial charge in [0.1, 0.15) is 11.2 Å². The second-order valence-corrected chi connectivity index (χ2v) is 18.4. The Kier molecular flexibility index (Phi) is 11.2. The van der Waals surface area contributed by atoms with Gasteiger partial charge in [-0.25, -0.2) is 0 Å². The molecule has 0 saturated heterocycles. The van der Waals surface area contributed by atoms with Crippen molar-refractivity contribution in [3.8, 4) is 55.6 Å². The molecule has 0 amide bonds. The first-order chi connectivity index (χ1) is 36.2. The molecule has 13 rings (SSSR count). The van der Waals surface area contributed by atoms with Crippen LogP contribution >= 0.6 is 0 Å². The predicted molar refractivity (Wildman–Crippen MR) is 308 cm³/mol. The molecular weight excluding hydrogens is 885 g/mol. The Labute approximate surface area is 425 Å². The third-order valence-corrected chi connectivity index (χ3v) is 14.1. The van der Waals surface area contributed by atoms with Crippen LogP contribution in [-0.4, -0.2) is 0 Å². The quantitative estimate of drug-likeness (QED) is 0.129. The van der Waals surface area contributed by atoms with Crippen LogP contribution in [0.15, 0.2) is 296 Å². The SMILES string of the molecule is c1ccc(-c2ccc(-c3ccccc3N(c3ccc(-c4ccccc4)cc3)c3c(N(c4ccc(-c5ccccc5)cc4)c4ccccc4-c4ccccc4)ccc4oc5cc6ccccc6cc5c34)cc2)cc1. The van der Waals surface area contributed by atoms with Crippen molar-refractivity contribution < 1.29 is 4.42 Å². The molecule has 0 fully saturated rings. The molecule has 1 aromatic heterocycles. The minimum Gasteiger partial charge on any atom is -0.456 e. The van der Waals surface area contributed by atoms with Gasteiger partial charge in [-0.1, -0.05) is 231 Å². The van der Waals surface area contributed by atoms with Crippen LogP contribution in [0.2, 0.25) is 0 Å². The maximum Gasteiger partial charge on any atom is 0.137 e. The zero-order valence-electron chi connectivity index (χ0n) is 40.0. The van der Waals surface area contributed by atoms with Gasteiger partial charge in [-0.05, 0) is 116 Å². The maximum atomic E-state index is 7.03. The number of hydrogen-bond acceptors (Lipinski definition) is 3. The van der Waals surface area contributed by atoms with Gasteiger partial charge in [-0.2, -0.15) is 0 Å². The van der Waals surface area contributed by atoms with Gasteiger partial charge in [-0.15, -0.1) is 0 Å². The summed E-state index contributed by atoms with van der Waals surface area (Å²) in [6.45, 7) is 0. The van der Waals surface area contributed by atoms with Crippen molar-refractivity contribution in [1.82, 2.24) is 0 Å². The molecule has 0 radical (unpaired) electrons. The smallest absolute Gasteiger partial charge is 0.137 e. The Hall–Kier alpha value is -9.70. The third kappa shape index (κ3) is 8.19. The van der Waals surface area contributed by atoms with Gasteiger partial charge in [-0.3, -0.25) is 0 Å². The first-order valence-corrected chi connectivity index (χ1v) is 24.9. The normalized spacial score (nSPS) is 11.3. The molecule has 3 nitrogen and oxygen atoms in total. The van der Waals surface area contributed by atoms with Gasteiger partial charge in [0.25, 0.3) is 0 Å². The van der Waals surface area contributed by atoms with E-state index in [9.17, 15) is 0 Å². The van der Waals surface area contributed by atoms with Crippen molar-refractivity contribution in [2.45, 2.75) is 0 Å². The van der Waals surface area contributed by atoms with Crippen LogP contribution in [-0.2, 0) is 0 Å². The zero-order chi connectivity index (χ0) is 48.5. The number of para-hydroxylation sites is 2. The summed E-state index contributed by atoms with van der Waals surface area (Å²) in [4.78, 5) is 4.93. The van der Waals surface area contributed by atoms with E-state index in [2.05, 4.69) is 301 Å². The highest BCUT2D eigenvalue weighted by molar-refractivity contribution is 6.20. The van der Waals surface area contributed by atoms with Gasteiger partial charge >= 0.3 is 0 Å². The Morgan fingerprint density at radius 2 is 0.616 bits per heavy atom. The van der Waals surface area contributed by atoms with Crippen LogP contribution in [0.25, 0.3) is 88.3 Å². The number of benzene rings is 12. The van der Waals surface area contributed by atoms with E-state index in [4.69, 9.17) is 4.42 Å². The molecule has 0 saturated carbocycles. The average Bonchev–Trinajstić information content (AvgIpc) is 3.84. The van der Waals surface area contributed by atoms with Gasteiger partial charge in [0.05, 0.1) is 28.1 Å².